The van der Waals surface area contributed by atoms with E-state index in [-0.39, 0.29) is 24.0 Å². The lowest BCUT2D eigenvalue weighted by Crippen LogP contribution is -2.47. The molecule has 0 aromatic rings. The summed E-state index contributed by atoms with van der Waals surface area (Å²) in [5, 5.41) is 3.56. The summed E-state index contributed by atoms with van der Waals surface area (Å²) in [5.74, 6) is 1.62. The number of guanidine groups is 1. The van der Waals surface area contributed by atoms with Crippen molar-refractivity contribution in [3.63, 3.8) is 0 Å². The van der Waals surface area contributed by atoms with E-state index in [0.29, 0.717) is 12.0 Å². The molecule has 7 heteroatoms. The molecule has 6 nitrogen and oxygen atoms in total. The van der Waals surface area contributed by atoms with E-state index < -0.39 is 0 Å². The highest BCUT2D eigenvalue weighted by Crippen LogP contribution is 2.17. The first-order valence-corrected chi connectivity index (χ1v) is 9.60. The molecule has 2 fully saturated rings. The van der Waals surface area contributed by atoms with Gasteiger partial charge >= 0.3 is 0 Å². The normalized spacial score (nSPS) is 24.0. The Morgan fingerprint density at radius 1 is 1.32 bits per heavy atom. The fourth-order valence-corrected chi connectivity index (χ4v) is 3.86. The van der Waals surface area contributed by atoms with E-state index in [9.17, 15) is 0 Å². The Morgan fingerprint density at radius 3 is 2.68 bits per heavy atom. The van der Waals surface area contributed by atoms with Gasteiger partial charge in [0.25, 0.3) is 0 Å². The Morgan fingerprint density at radius 2 is 2.04 bits per heavy atom. The van der Waals surface area contributed by atoms with Crippen LogP contribution in [0.1, 0.15) is 26.7 Å². The average Bonchev–Trinajstić information content (AvgIpc) is 3.03. The summed E-state index contributed by atoms with van der Waals surface area (Å²) in [6.07, 6.45) is 2.64. The monoisotopic (exact) mass is 467 g/mol. The van der Waals surface area contributed by atoms with Gasteiger partial charge in [-0.25, -0.2) is 0 Å². The zero-order valence-corrected chi connectivity index (χ0v) is 18.9. The summed E-state index contributed by atoms with van der Waals surface area (Å²) < 4.78 is 5.42. The Kier molecular flexibility index (Phi) is 11.3. The van der Waals surface area contributed by atoms with Gasteiger partial charge in [-0.1, -0.05) is 13.8 Å². The van der Waals surface area contributed by atoms with Crippen LogP contribution in [0.2, 0.25) is 0 Å². The predicted molar refractivity (Wildman–Crippen MR) is 116 cm³/mol. The van der Waals surface area contributed by atoms with Gasteiger partial charge in [-0.2, -0.15) is 0 Å². The molecular weight excluding hydrogens is 429 g/mol. The Hall–Kier alpha value is -0.120. The van der Waals surface area contributed by atoms with E-state index in [1.165, 1.54) is 19.4 Å². The Labute approximate surface area is 171 Å². The maximum Gasteiger partial charge on any atom is 0.193 e. The predicted octanol–water partition coefficient (Wildman–Crippen LogP) is 1.56. The third kappa shape index (κ3) is 7.56. The quantitative estimate of drug-likeness (QED) is 0.350. The molecule has 2 aliphatic heterocycles. The zero-order chi connectivity index (χ0) is 17.4. The number of nitrogens with zero attached hydrogens (tertiary/aromatic N) is 4. The fraction of sp³-hybridized carbons (Fsp3) is 0.944. The third-order valence-corrected chi connectivity index (χ3v) is 5.25. The number of likely N-dealkylation sites (N-methyl/N-ethyl adjacent to an activating group) is 2. The average molecular weight is 467 g/mol. The third-order valence-electron chi connectivity index (χ3n) is 5.25. The summed E-state index contributed by atoms with van der Waals surface area (Å²) >= 11 is 0. The number of halogens is 1. The van der Waals surface area contributed by atoms with Crippen LogP contribution >= 0.6 is 24.0 Å². The first-order valence-electron chi connectivity index (χ1n) is 9.60. The molecule has 0 amide bonds. The molecule has 2 heterocycles. The molecule has 0 spiro atoms. The van der Waals surface area contributed by atoms with Gasteiger partial charge in [0.2, 0.25) is 0 Å². The van der Waals surface area contributed by atoms with Crippen LogP contribution in [0.5, 0.6) is 0 Å². The van der Waals surface area contributed by atoms with Crippen LogP contribution in [0.15, 0.2) is 4.99 Å². The lowest BCUT2D eigenvalue weighted by molar-refractivity contribution is 0.0320. The standard InChI is InChI=1S/C18H37N5O.HI/c1-5-23-8-6-7-17(23)15-21(4)18(19-3)20-13-16(2)14-22-9-11-24-12-10-22;/h16-17H,5-15H2,1-4H3,(H,19,20);1H. The molecule has 0 aromatic heterocycles. The van der Waals surface area contributed by atoms with E-state index in [0.717, 1.165) is 58.4 Å². The van der Waals surface area contributed by atoms with Crippen LogP contribution in [0, 0.1) is 5.92 Å². The van der Waals surface area contributed by atoms with Crippen LogP contribution in [-0.4, -0.2) is 99.8 Å². The minimum Gasteiger partial charge on any atom is -0.379 e. The lowest BCUT2D eigenvalue weighted by atomic mass is 10.1. The van der Waals surface area contributed by atoms with E-state index in [4.69, 9.17) is 4.74 Å². The van der Waals surface area contributed by atoms with Crippen LogP contribution in [0.25, 0.3) is 0 Å². The number of nitrogens with one attached hydrogen (secondary N) is 1. The molecule has 2 aliphatic rings. The summed E-state index contributed by atoms with van der Waals surface area (Å²) in [6, 6.07) is 0.671. The van der Waals surface area contributed by atoms with Gasteiger partial charge in [0.15, 0.2) is 5.96 Å². The molecular formula is C18H38IN5O. The van der Waals surface area contributed by atoms with E-state index in [1.54, 1.807) is 0 Å². The van der Waals surface area contributed by atoms with Gasteiger partial charge in [-0.15, -0.1) is 24.0 Å². The van der Waals surface area contributed by atoms with Crippen molar-refractivity contribution >= 4 is 29.9 Å². The van der Waals surface area contributed by atoms with E-state index >= 15 is 0 Å². The molecule has 2 rings (SSSR count). The highest BCUT2D eigenvalue weighted by molar-refractivity contribution is 14.0. The first-order chi connectivity index (χ1) is 11.6. The van der Waals surface area contributed by atoms with Crippen molar-refractivity contribution in [2.45, 2.75) is 32.7 Å². The van der Waals surface area contributed by atoms with Crippen molar-refractivity contribution in [2.75, 3.05) is 73.1 Å². The topological polar surface area (TPSA) is 43.3 Å². The van der Waals surface area contributed by atoms with Crippen LogP contribution in [0.3, 0.4) is 0 Å². The maximum absolute atomic E-state index is 5.42. The summed E-state index contributed by atoms with van der Waals surface area (Å²) in [6.45, 7) is 14.0. The fourth-order valence-electron chi connectivity index (χ4n) is 3.86. The molecule has 0 radical (unpaired) electrons. The minimum absolute atomic E-state index is 0. The molecule has 25 heavy (non-hydrogen) atoms. The lowest BCUT2D eigenvalue weighted by Gasteiger charge is -2.31. The van der Waals surface area contributed by atoms with Crippen molar-refractivity contribution < 1.29 is 4.74 Å². The summed E-state index contributed by atoms with van der Waals surface area (Å²) in [4.78, 5) is 11.9. The number of morpholine rings is 1. The highest BCUT2D eigenvalue weighted by Gasteiger charge is 2.25. The van der Waals surface area contributed by atoms with Gasteiger partial charge in [0.05, 0.1) is 13.2 Å². The molecule has 0 aliphatic carbocycles. The smallest absolute Gasteiger partial charge is 0.193 e. The van der Waals surface area contributed by atoms with Crippen molar-refractivity contribution in [3.05, 3.63) is 0 Å². The number of hydrogen-bond donors (Lipinski definition) is 1. The van der Waals surface area contributed by atoms with Crippen LogP contribution in [-0.2, 0) is 4.74 Å². The Balaban J connectivity index is 0.00000312. The van der Waals surface area contributed by atoms with Crippen molar-refractivity contribution in [2.24, 2.45) is 10.9 Å². The second kappa shape index (κ2) is 12.3. The number of rotatable bonds is 7. The maximum atomic E-state index is 5.42. The molecule has 2 atom stereocenters. The SMILES string of the molecule is CCN1CCCC1CN(C)C(=NC)NCC(C)CN1CCOCC1.I. The summed E-state index contributed by atoms with van der Waals surface area (Å²) in [5.41, 5.74) is 0. The zero-order valence-electron chi connectivity index (χ0n) is 16.5. The number of likely N-dealkylation sites (tertiary alicyclic amines) is 1. The van der Waals surface area contributed by atoms with Crippen molar-refractivity contribution in [3.8, 4) is 0 Å². The molecule has 0 aromatic carbocycles. The van der Waals surface area contributed by atoms with E-state index in [2.05, 4.69) is 45.9 Å². The van der Waals surface area contributed by atoms with Gasteiger partial charge in [-0.05, 0) is 31.8 Å². The number of hydrogen-bond acceptors (Lipinski definition) is 4. The molecule has 0 bridgehead atoms. The van der Waals surface area contributed by atoms with E-state index in [1.807, 2.05) is 7.05 Å². The first kappa shape index (κ1) is 22.9. The molecule has 148 valence electrons. The molecule has 0 saturated carbocycles. The number of ether oxygens (including phenoxy) is 1. The Bertz CT molecular complexity index is 390. The van der Waals surface area contributed by atoms with Gasteiger partial charge in [0, 0.05) is 52.9 Å². The van der Waals surface area contributed by atoms with Crippen molar-refractivity contribution in [1.29, 1.82) is 0 Å². The largest absolute Gasteiger partial charge is 0.379 e. The second-order valence-corrected chi connectivity index (χ2v) is 7.25. The molecule has 2 saturated heterocycles. The second-order valence-electron chi connectivity index (χ2n) is 7.25. The van der Waals surface area contributed by atoms with Crippen molar-refractivity contribution in [1.82, 2.24) is 20.0 Å². The van der Waals surface area contributed by atoms with Crippen LogP contribution < -0.4 is 5.32 Å². The number of aliphatic imine (C=N–C) groups is 1. The summed E-state index contributed by atoms with van der Waals surface area (Å²) in [7, 11) is 4.05. The van der Waals surface area contributed by atoms with Crippen LogP contribution in [0.4, 0.5) is 0 Å². The highest BCUT2D eigenvalue weighted by atomic mass is 127. The molecule has 2 unspecified atom stereocenters. The van der Waals surface area contributed by atoms with Gasteiger partial charge in [-0.3, -0.25) is 14.8 Å². The van der Waals surface area contributed by atoms with Gasteiger partial charge in [0.1, 0.15) is 0 Å². The van der Waals surface area contributed by atoms with Gasteiger partial charge < -0.3 is 15.0 Å². The minimum atomic E-state index is 0. The molecule has 1 N–H and O–H groups in total.